The molecule has 0 saturated carbocycles. The lowest BCUT2D eigenvalue weighted by Gasteiger charge is -2.27. The van der Waals surface area contributed by atoms with Crippen LogP contribution in [0.4, 0.5) is 5.69 Å². The largest absolute Gasteiger partial charge is 0.462 e. The van der Waals surface area contributed by atoms with Crippen molar-refractivity contribution >= 4 is 35.2 Å². The van der Waals surface area contributed by atoms with E-state index < -0.39 is 12.0 Å². The van der Waals surface area contributed by atoms with Crippen molar-refractivity contribution in [2.75, 3.05) is 17.7 Å². The highest BCUT2D eigenvalue weighted by Crippen LogP contribution is 2.27. The molecule has 2 amide bonds. The number of rotatable bonds is 9. The van der Waals surface area contributed by atoms with Crippen molar-refractivity contribution in [2.45, 2.75) is 25.3 Å². The molecule has 1 atom stereocenters. The van der Waals surface area contributed by atoms with Gasteiger partial charge in [0.15, 0.2) is 0 Å². The van der Waals surface area contributed by atoms with E-state index in [0.29, 0.717) is 29.1 Å². The van der Waals surface area contributed by atoms with Crippen LogP contribution in [0.2, 0.25) is 0 Å². The minimum atomic E-state index is -0.667. The Labute approximate surface area is 203 Å². The van der Waals surface area contributed by atoms with Gasteiger partial charge in [0.05, 0.1) is 12.2 Å². The fourth-order valence-corrected chi connectivity index (χ4v) is 4.96. The lowest BCUT2D eigenvalue weighted by atomic mass is 10.1. The SMILES string of the molecule is CCOC(=O)c1cccc(NC(=O)[C@H](CSCc2ccccc2)N2Cc3ccccc3C2=O)c1. The van der Waals surface area contributed by atoms with Crippen LogP contribution in [0.3, 0.4) is 0 Å². The average molecular weight is 475 g/mol. The van der Waals surface area contributed by atoms with Crippen molar-refractivity contribution in [2.24, 2.45) is 0 Å². The molecule has 1 N–H and O–H groups in total. The van der Waals surface area contributed by atoms with Gasteiger partial charge in [-0.2, -0.15) is 11.8 Å². The first-order chi connectivity index (χ1) is 16.6. The van der Waals surface area contributed by atoms with Crippen LogP contribution >= 0.6 is 11.8 Å². The molecule has 6 nitrogen and oxygen atoms in total. The molecule has 1 aliphatic rings. The maximum Gasteiger partial charge on any atom is 0.338 e. The number of nitrogens with zero attached hydrogens (tertiary/aromatic N) is 1. The third-order valence-electron chi connectivity index (χ3n) is 5.56. The predicted octanol–water partition coefficient (Wildman–Crippen LogP) is 4.76. The van der Waals surface area contributed by atoms with Gasteiger partial charge in [-0.3, -0.25) is 9.59 Å². The highest BCUT2D eigenvalue weighted by atomic mass is 32.2. The molecule has 0 fully saturated rings. The van der Waals surface area contributed by atoms with Crippen molar-refractivity contribution < 1.29 is 19.1 Å². The molecule has 0 spiro atoms. The van der Waals surface area contributed by atoms with E-state index >= 15 is 0 Å². The van der Waals surface area contributed by atoms with Gasteiger partial charge in [-0.25, -0.2) is 4.79 Å². The molecule has 3 aromatic rings. The number of anilines is 1. The van der Waals surface area contributed by atoms with Crippen LogP contribution in [-0.2, 0) is 21.8 Å². The van der Waals surface area contributed by atoms with E-state index in [0.717, 1.165) is 16.9 Å². The van der Waals surface area contributed by atoms with Crippen LogP contribution in [0.5, 0.6) is 0 Å². The molecule has 1 heterocycles. The van der Waals surface area contributed by atoms with Gasteiger partial charge >= 0.3 is 5.97 Å². The third kappa shape index (κ3) is 5.48. The number of benzene rings is 3. The standard InChI is InChI=1S/C27H26N2O4S/c1-2-33-27(32)20-12-8-13-22(15-20)28-25(30)24(18-34-17-19-9-4-3-5-10-19)29-16-21-11-6-7-14-23(21)26(29)31/h3-15,24H,2,16-18H2,1H3,(H,28,30)/t24-/m0/s1. The molecule has 4 rings (SSSR count). The van der Waals surface area contributed by atoms with Crippen molar-refractivity contribution in [3.63, 3.8) is 0 Å². The molecule has 174 valence electrons. The summed E-state index contributed by atoms with van der Waals surface area (Å²) >= 11 is 1.61. The highest BCUT2D eigenvalue weighted by Gasteiger charge is 2.36. The summed E-state index contributed by atoms with van der Waals surface area (Å²) in [5.41, 5.74) is 3.56. The summed E-state index contributed by atoms with van der Waals surface area (Å²) in [6.45, 7) is 2.40. The van der Waals surface area contributed by atoms with Gasteiger partial charge in [-0.1, -0.05) is 54.6 Å². The number of esters is 1. The maximum atomic E-state index is 13.4. The van der Waals surface area contributed by atoms with Gasteiger partial charge in [-0.15, -0.1) is 0 Å². The number of amides is 2. The number of fused-ring (bicyclic) bond motifs is 1. The molecular weight excluding hydrogens is 448 g/mol. The molecule has 0 radical (unpaired) electrons. The Balaban J connectivity index is 1.51. The first kappa shape index (κ1) is 23.6. The molecule has 0 saturated heterocycles. The van der Waals surface area contributed by atoms with Crippen LogP contribution in [0.15, 0.2) is 78.9 Å². The van der Waals surface area contributed by atoms with E-state index in [1.165, 1.54) is 0 Å². The number of ether oxygens (including phenoxy) is 1. The van der Waals surface area contributed by atoms with Crippen molar-refractivity contribution in [3.8, 4) is 0 Å². The van der Waals surface area contributed by atoms with Crippen molar-refractivity contribution in [3.05, 3.63) is 101 Å². The summed E-state index contributed by atoms with van der Waals surface area (Å²) in [5.74, 6) is 0.300. The van der Waals surface area contributed by atoms with E-state index in [1.54, 1.807) is 53.9 Å². The predicted molar refractivity (Wildman–Crippen MR) is 134 cm³/mol. The highest BCUT2D eigenvalue weighted by molar-refractivity contribution is 7.98. The first-order valence-electron chi connectivity index (χ1n) is 11.2. The molecule has 0 aromatic heterocycles. The smallest absolute Gasteiger partial charge is 0.338 e. The van der Waals surface area contributed by atoms with Gasteiger partial charge in [-0.05, 0) is 42.3 Å². The van der Waals surface area contributed by atoms with Gasteiger partial charge < -0.3 is 15.0 Å². The topological polar surface area (TPSA) is 75.7 Å². The van der Waals surface area contributed by atoms with Gasteiger partial charge in [0.2, 0.25) is 5.91 Å². The fourth-order valence-electron chi connectivity index (χ4n) is 3.86. The van der Waals surface area contributed by atoms with Crippen molar-refractivity contribution in [1.82, 2.24) is 4.90 Å². The zero-order chi connectivity index (χ0) is 23.9. The molecule has 0 aliphatic carbocycles. The van der Waals surface area contributed by atoms with Crippen molar-refractivity contribution in [1.29, 1.82) is 0 Å². The summed E-state index contributed by atoms with van der Waals surface area (Å²) < 4.78 is 5.05. The average Bonchev–Trinajstić information content (AvgIpc) is 3.19. The molecule has 0 unspecified atom stereocenters. The number of hydrogen-bond acceptors (Lipinski definition) is 5. The Morgan fingerprint density at radius 2 is 1.79 bits per heavy atom. The van der Waals surface area contributed by atoms with Gasteiger partial charge in [0, 0.05) is 29.3 Å². The van der Waals surface area contributed by atoms with Crippen LogP contribution < -0.4 is 5.32 Å². The number of nitrogens with one attached hydrogen (secondary N) is 1. The second kappa shape index (κ2) is 11.0. The molecule has 34 heavy (non-hydrogen) atoms. The van der Waals surface area contributed by atoms with Crippen LogP contribution in [-0.4, -0.2) is 41.1 Å². The summed E-state index contributed by atoms with van der Waals surface area (Å²) in [7, 11) is 0. The summed E-state index contributed by atoms with van der Waals surface area (Å²) in [6, 6.07) is 23.4. The second-order valence-electron chi connectivity index (χ2n) is 7.90. The minimum absolute atomic E-state index is 0.142. The molecule has 1 aliphatic heterocycles. The lowest BCUT2D eigenvalue weighted by Crippen LogP contribution is -2.46. The number of carbonyl (C=O) groups excluding carboxylic acids is 3. The van der Waals surface area contributed by atoms with E-state index in [9.17, 15) is 14.4 Å². The summed E-state index contributed by atoms with van der Waals surface area (Å²) in [4.78, 5) is 40.2. The Bertz CT molecular complexity index is 1180. The van der Waals surface area contributed by atoms with Gasteiger partial charge in [0.25, 0.3) is 5.91 Å². The van der Waals surface area contributed by atoms with Crippen LogP contribution in [0, 0.1) is 0 Å². The normalized spacial score (nSPS) is 13.3. The minimum Gasteiger partial charge on any atom is -0.462 e. The summed E-state index contributed by atoms with van der Waals surface area (Å²) in [6.07, 6.45) is 0. The Kier molecular flexibility index (Phi) is 7.65. The Morgan fingerprint density at radius 3 is 2.56 bits per heavy atom. The monoisotopic (exact) mass is 474 g/mol. The van der Waals surface area contributed by atoms with Crippen LogP contribution in [0.25, 0.3) is 0 Å². The van der Waals surface area contributed by atoms with Gasteiger partial charge in [0.1, 0.15) is 6.04 Å². The molecular formula is C27H26N2O4S. The Hall–Kier alpha value is -3.58. The molecule has 3 aromatic carbocycles. The Morgan fingerprint density at radius 1 is 1.03 bits per heavy atom. The number of thioether (sulfide) groups is 1. The van der Waals surface area contributed by atoms with E-state index in [-0.39, 0.29) is 18.4 Å². The summed E-state index contributed by atoms with van der Waals surface area (Å²) in [5, 5.41) is 2.90. The third-order valence-corrected chi connectivity index (χ3v) is 6.65. The lowest BCUT2D eigenvalue weighted by molar-refractivity contribution is -0.119. The maximum absolute atomic E-state index is 13.4. The number of hydrogen-bond donors (Lipinski definition) is 1. The van der Waals surface area contributed by atoms with Crippen LogP contribution in [0.1, 0.15) is 38.8 Å². The van der Waals surface area contributed by atoms with E-state index in [2.05, 4.69) is 5.32 Å². The fraction of sp³-hybridized carbons (Fsp3) is 0.222. The first-order valence-corrected chi connectivity index (χ1v) is 12.3. The molecule has 7 heteroatoms. The molecule has 0 bridgehead atoms. The number of carbonyl (C=O) groups is 3. The van der Waals surface area contributed by atoms with E-state index in [4.69, 9.17) is 4.74 Å². The zero-order valence-corrected chi connectivity index (χ0v) is 19.7. The van der Waals surface area contributed by atoms with E-state index in [1.807, 2.05) is 48.5 Å². The quantitative estimate of drug-likeness (QED) is 0.453. The zero-order valence-electron chi connectivity index (χ0n) is 18.9. The second-order valence-corrected chi connectivity index (χ2v) is 8.93.